The van der Waals surface area contributed by atoms with Gasteiger partial charge in [0.1, 0.15) is 0 Å². The van der Waals surface area contributed by atoms with E-state index in [1.165, 1.54) is 0 Å². The maximum absolute atomic E-state index is 12.8. The molecule has 1 atom stereocenters. The molecule has 0 aromatic carbocycles. The van der Waals surface area contributed by atoms with Gasteiger partial charge in [0.15, 0.2) is 0 Å². The first-order valence-corrected chi connectivity index (χ1v) is 11.0. The van der Waals surface area contributed by atoms with E-state index in [4.69, 9.17) is 0 Å². The number of carbonyl (C=O) groups excluding carboxylic acids is 2. The zero-order chi connectivity index (χ0) is 20.2. The van der Waals surface area contributed by atoms with Crippen molar-refractivity contribution in [2.75, 3.05) is 38.0 Å². The van der Waals surface area contributed by atoms with Crippen molar-refractivity contribution in [1.29, 1.82) is 0 Å². The lowest BCUT2D eigenvalue weighted by atomic mass is 9.93. The van der Waals surface area contributed by atoms with Crippen LogP contribution in [0.3, 0.4) is 0 Å². The molecule has 1 aromatic rings. The second-order valence-corrected chi connectivity index (χ2v) is 8.47. The molecule has 2 amide bonds. The molecule has 2 saturated heterocycles. The molecule has 3 heterocycles. The van der Waals surface area contributed by atoms with Crippen molar-refractivity contribution in [2.24, 2.45) is 5.92 Å². The number of hydrogen-bond acceptors (Lipinski definition) is 6. The number of piperidine rings is 2. The largest absolute Gasteiger partial charge is 0.355 e. The Labute approximate surface area is 172 Å². The zero-order valence-electron chi connectivity index (χ0n) is 17.3. The van der Waals surface area contributed by atoms with Gasteiger partial charge in [-0.15, -0.1) is 0 Å². The number of hydrogen-bond donors (Lipinski definition) is 2. The van der Waals surface area contributed by atoms with Crippen molar-refractivity contribution < 1.29 is 9.59 Å². The zero-order valence-corrected chi connectivity index (χ0v) is 17.3. The first-order valence-electron chi connectivity index (χ1n) is 11.0. The molecule has 3 aliphatic rings. The summed E-state index contributed by atoms with van der Waals surface area (Å²) in [4.78, 5) is 38.0. The number of likely N-dealkylation sites (tertiary alicyclic amines) is 2. The van der Waals surface area contributed by atoms with Crippen LogP contribution in [0, 0.1) is 5.92 Å². The predicted molar refractivity (Wildman–Crippen MR) is 111 cm³/mol. The smallest absolute Gasteiger partial charge is 0.256 e. The van der Waals surface area contributed by atoms with Gasteiger partial charge in [-0.05, 0) is 52.0 Å². The summed E-state index contributed by atoms with van der Waals surface area (Å²) < 4.78 is 0. The molecule has 2 aliphatic heterocycles. The number of rotatable bonds is 6. The van der Waals surface area contributed by atoms with Gasteiger partial charge in [-0.3, -0.25) is 14.5 Å². The summed E-state index contributed by atoms with van der Waals surface area (Å²) >= 11 is 0. The molecule has 2 N–H and O–H groups in total. The molecule has 0 radical (unpaired) electrons. The Hall–Kier alpha value is -2.22. The molecular formula is C21H32N6O2. The maximum Gasteiger partial charge on any atom is 0.256 e. The van der Waals surface area contributed by atoms with Crippen LogP contribution in [0.2, 0.25) is 0 Å². The molecule has 8 heteroatoms. The monoisotopic (exact) mass is 400 g/mol. The topological polar surface area (TPSA) is 90.5 Å². The normalized spacial score (nSPS) is 23.6. The lowest BCUT2D eigenvalue weighted by Crippen LogP contribution is -2.51. The quantitative estimate of drug-likeness (QED) is 0.752. The van der Waals surface area contributed by atoms with Crippen LogP contribution >= 0.6 is 0 Å². The van der Waals surface area contributed by atoms with Gasteiger partial charge in [0.2, 0.25) is 11.9 Å². The van der Waals surface area contributed by atoms with Gasteiger partial charge < -0.3 is 15.5 Å². The minimum Gasteiger partial charge on any atom is -0.355 e. The second kappa shape index (κ2) is 9.07. The summed E-state index contributed by atoms with van der Waals surface area (Å²) in [6.07, 6.45) is 9.47. The summed E-state index contributed by atoms with van der Waals surface area (Å²) in [6.45, 7) is 6.14. The summed E-state index contributed by atoms with van der Waals surface area (Å²) in [7, 11) is 0. The molecule has 0 spiro atoms. The summed E-state index contributed by atoms with van der Waals surface area (Å²) in [5.74, 6) is 0.919. The van der Waals surface area contributed by atoms with Crippen molar-refractivity contribution in [3.63, 3.8) is 0 Å². The molecule has 8 nitrogen and oxygen atoms in total. The Morgan fingerprint density at radius 2 is 1.79 bits per heavy atom. The van der Waals surface area contributed by atoms with Gasteiger partial charge in [0.25, 0.3) is 5.91 Å². The van der Waals surface area contributed by atoms with Gasteiger partial charge >= 0.3 is 0 Å². The minimum atomic E-state index is 0.00632. The van der Waals surface area contributed by atoms with E-state index in [2.05, 4.69) is 25.5 Å². The van der Waals surface area contributed by atoms with Gasteiger partial charge in [-0.1, -0.05) is 0 Å². The Bertz CT molecular complexity index is 712. The molecule has 1 aliphatic carbocycles. The lowest BCUT2D eigenvalue weighted by molar-refractivity contribution is -0.127. The number of anilines is 1. The van der Waals surface area contributed by atoms with E-state index in [0.717, 1.165) is 71.2 Å². The highest BCUT2D eigenvalue weighted by Gasteiger charge is 2.34. The van der Waals surface area contributed by atoms with E-state index in [1.807, 2.05) is 11.8 Å². The van der Waals surface area contributed by atoms with Crippen LogP contribution in [0.15, 0.2) is 12.4 Å². The Morgan fingerprint density at radius 1 is 1.07 bits per heavy atom. The van der Waals surface area contributed by atoms with E-state index in [1.54, 1.807) is 12.4 Å². The van der Waals surface area contributed by atoms with E-state index in [9.17, 15) is 9.59 Å². The van der Waals surface area contributed by atoms with Crippen LogP contribution in [-0.4, -0.2) is 76.4 Å². The molecule has 1 aromatic heterocycles. The third-order valence-corrected chi connectivity index (χ3v) is 6.25. The van der Waals surface area contributed by atoms with Crippen LogP contribution in [-0.2, 0) is 4.79 Å². The fourth-order valence-corrected chi connectivity index (χ4v) is 4.40. The van der Waals surface area contributed by atoms with Crippen LogP contribution in [0.4, 0.5) is 5.95 Å². The van der Waals surface area contributed by atoms with Crippen molar-refractivity contribution >= 4 is 17.8 Å². The number of amides is 2. The molecule has 0 bridgehead atoms. The standard InChI is InChI=1S/C21H32N6O2/c1-2-22-21-23-12-16(13-24-21)20(29)26-10-7-18(8-11-26)27-9-3-4-15(14-27)19(28)25-17-5-6-17/h12-13,15,17-18H,2-11,14H2,1H3,(H,25,28)(H,22,23,24)/t15-/m1/s1. The van der Waals surface area contributed by atoms with Crippen molar-refractivity contribution in [2.45, 2.75) is 57.5 Å². The second-order valence-electron chi connectivity index (χ2n) is 8.47. The number of nitrogens with one attached hydrogen (secondary N) is 2. The molecule has 0 unspecified atom stereocenters. The first kappa shape index (κ1) is 20.1. The van der Waals surface area contributed by atoms with Crippen molar-refractivity contribution in [3.8, 4) is 0 Å². The molecular weight excluding hydrogens is 368 g/mol. The van der Waals surface area contributed by atoms with Gasteiger partial charge in [0, 0.05) is 50.7 Å². The van der Waals surface area contributed by atoms with E-state index in [-0.39, 0.29) is 17.7 Å². The highest BCUT2D eigenvalue weighted by atomic mass is 16.2. The Balaban J connectivity index is 1.27. The maximum atomic E-state index is 12.8. The van der Waals surface area contributed by atoms with Crippen molar-refractivity contribution in [3.05, 3.63) is 18.0 Å². The predicted octanol–water partition coefficient (Wildman–Crippen LogP) is 1.50. The summed E-state index contributed by atoms with van der Waals surface area (Å²) in [6, 6.07) is 0.894. The van der Waals surface area contributed by atoms with Crippen LogP contribution < -0.4 is 10.6 Å². The minimum absolute atomic E-state index is 0.00632. The molecule has 29 heavy (non-hydrogen) atoms. The molecule has 1 saturated carbocycles. The number of nitrogens with zero attached hydrogens (tertiary/aromatic N) is 4. The van der Waals surface area contributed by atoms with Crippen LogP contribution in [0.5, 0.6) is 0 Å². The number of aromatic nitrogens is 2. The van der Waals surface area contributed by atoms with Crippen LogP contribution in [0.1, 0.15) is 55.8 Å². The third-order valence-electron chi connectivity index (χ3n) is 6.25. The molecule has 158 valence electrons. The van der Waals surface area contributed by atoms with Gasteiger partial charge in [-0.25, -0.2) is 9.97 Å². The van der Waals surface area contributed by atoms with Gasteiger partial charge in [0.05, 0.1) is 11.5 Å². The fraction of sp³-hybridized carbons (Fsp3) is 0.714. The summed E-state index contributed by atoms with van der Waals surface area (Å²) in [5, 5.41) is 6.20. The van der Waals surface area contributed by atoms with E-state index < -0.39 is 0 Å². The summed E-state index contributed by atoms with van der Waals surface area (Å²) in [5.41, 5.74) is 0.542. The van der Waals surface area contributed by atoms with E-state index in [0.29, 0.717) is 23.6 Å². The first-order chi connectivity index (χ1) is 14.1. The number of carbonyl (C=O) groups is 2. The molecule has 3 fully saturated rings. The Morgan fingerprint density at radius 3 is 2.45 bits per heavy atom. The Kier molecular flexibility index (Phi) is 6.28. The van der Waals surface area contributed by atoms with Crippen LogP contribution in [0.25, 0.3) is 0 Å². The van der Waals surface area contributed by atoms with Crippen molar-refractivity contribution in [1.82, 2.24) is 25.1 Å². The molecule has 4 rings (SSSR count). The fourth-order valence-electron chi connectivity index (χ4n) is 4.40. The average molecular weight is 401 g/mol. The highest BCUT2D eigenvalue weighted by molar-refractivity contribution is 5.93. The SMILES string of the molecule is CCNc1ncc(C(=O)N2CCC(N3CCC[C@@H](C(=O)NC4CC4)C3)CC2)cn1. The average Bonchev–Trinajstić information content (AvgIpc) is 3.58. The highest BCUT2D eigenvalue weighted by Crippen LogP contribution is 2.26. The third kappa shape index (κ3) is 5.04. The van der Waals surface area contributed by atoms with Gasteiger partial charge in [-0.2, -0.15) is 0 Å². The van der Waals surface area contributed by atoms with E-state index >= 15 is 0 Å². The lowest BCUT2D eigenvalue weighted by Gasteiger charge is -2.42.